The first-order valence-corrected chi connectivity index (χ1v) is 7.23. The molecule has 1 aromatic carbocycles. The van der Waals surface area contributed by atoms with Crippen molar-refractivity contribution < 1.29 is 9.53 Å². The van der Waals surface area contributed by atoms with Crippen molar-refractivity contribution in [3.05, 3.63) is 35.9 Å². The monoisotopic (exact) mass is 276 g/mol. The molecule has 0 radical (unpaired) electrons. The lowest BCUT2D eigenvalue weighted by Gasteiger charge is -2.37. The Hall–Kier alpha value is -1.39. The molecule has 0 unspecified atom stereocenters. The second kappa shape index (κ2) is 6.86. The third-order valence-corrected chi connectivity index (χ3v) is 4.12. The third-order valence-electron chi connectivity index (χ3n) is 4.12. The summed E-state index contributed by atoms with van der Waals surface area (Å²) in [4.78, 5) is 14.5. The molecule has 1 aliphatic rings. The van der Waals surface area contributed by atoms with E-state index in [-0.39, 0.29) is 5.91 Å². The highest BCUT2D eigenvalue weighted by Gasteiger charge is 2.41. The van der Waals surface area contributed by atoms with Crippen LogP contribution in [-0.4, -0.2) is 50.2 Å². The quantitative estimate of drug-likeness (QED) is 0.885. The zero-order valence-electron chi connectivity index (χ0n) is 12.4. The highest BCUT2D eigenvalue weighted by molar-refractivity contribution is 5.85. The van der Waals surface area contributed by atoms with Crippen molar-refractivity contribution in [2.45, 2.75) is 24.9 Å². The first-order valence-electron chi connectivity index (χ1n) is 7.23. The van der Waals surface area contributed by atoms with Crippen LogP contribution in [0.15, 0.2) is 30.3 Å². The second-order valence-corrected chi connectivity index (χ2v) is 5.41. The Balaban J connectivity index is 1.93. The van der Waals surface area contributed by atoms with Crippen molar-refractivity contribution in [1.82, 2.24) is 10.2 Å². The fourth-order valence-corrected chi connectivity index (χ4v) is 2.73. The van der Waals surface area contributed by atoms with Gasteiger partial charge >= 0.3 is 0 Å². The second-order valence-electron chi connectivity index (χ2n) is 5.41. The molecule has 0 aromatic heterocycles. The number of rotatable bonds is 5. The van der Waals surface area contributed by atoms with Crippen LogP contribution in [0.1, 0.15) is 18.4 Å². The molecule has 1 aliphatic heterocycles. The van der Waals surface area contributed by atoms with Crippen molar-refractivity contribution >= 4 is 5.91 Å². The number of piperidine rings is 1. The van der Waals surface area contributed by atoms with E-state index in [1.165, 1.54) is 5.56 Å². The molecule has 2 rings (SSSR count). The molecule has 0 aliphatic carbocycles. The molecule has 0 atom stereocenters. The minimum Gasteiger partial charge on any atom is -0.368 e. The van der Waals surface area contributed by atoms with Gasteiger partial charge in [0, 0.05) is 20.7 Å². The molecule has 4 heteroatoms. The summed E-state index contributed by atoms with van der Waals surface area (Å²) in [6, 6.07) is 10.2. The molecule has 0 bridgehead atoms. The molecule has 1 aromatic rings. The van der Waals surface area contributed by atoms with Gasteiger partial charge in [0.05, 0.1) is 0 Å². The van der Waals surface area contributed by atoms with Crippen LogP contribution in [0.3, 0.4) is 0 Å². The lowest BCUT2D eigenvalue weighted by molar-refractivity contribution is -0.156. The highest BCUT2D eigenvalue weighted by Crippen LogP contribution is 2.24. The number of methoxy groups -OCH3 is 1. The average molecular weight is 276 g/mol. The van der Waals surface area contributed by atoms with Crippen molar-refractivity contribution in [1.29, 1.82) is 0 Å². The maximum atomic E-state index is 12.6. The fourth-order valence-electron chi connectivity index (χ4n) is 2.73. The number of nitrogens with one attached hydrogen (secondary N) is 1. The van der Waals surface area contributed by atoms with E-state index in [1.54, 1.807) is 7.11 Å². The van der Waals surface area contributed by atoms with Crippen molar-refractivity contribution in [2.75, 3.05) is 33.8 Å². The highest BCUT2D eigenvalue weighted by atomic mass is 16.5. The van der Waals surface area contributed by atoms with E-state index in [4.69, 9.17) is 4.74 Å². The van der Waals surface area contributed by atoms with Crippen LogP contribution in [-0.2, 0) is 16.0 Å². The summed E-state index contributed by atoms with van der Waals surface area (Å²) >= 11 is 0. The summed E-state index contributed by atoms with van der Waals surface area (Å²) in [5.41, 5.74) is 0.625. The molecule has 1 heterocycles. The number of carbonyl (C=O) groups excluding carboxylic acids is 1. The number of hydrogen-bond acceptors (Lipinski definition) is 3. The van der Waals surface area contributed by atoms with Crippen LogP contribution in [0, 0.1) is 0 Å². The molecule has 1 fully saturated rings. The number of hydrogen-bond donors (Lipinski definition) is 1. The van der Waals surface area contributed by atoms with Crippen LogP contribution in [0.4, 0.5) is 0 Å². The SMILES string of the molecule is COC1(C(=O)N(C)CCc2ccccc2)CCNCC1. The van der Waals surface area contributed by atoms with Crippen LogP contribution >= 0.6 is 0 Å². The topological polar surface area (TPSA) is 41.6 Å². The summed E-state index contributed by atoms with van der Waals surface area (Å²) in [5, 5.41) is 3.27. The Bertz CT molecular complexity index is 427. The fraction of sp³-hybridized carbons (Fsp3) is 0.562. The van der Waals surface area contributed by atoms with Gasteiger partial charge in [0.1, 0.15) is 5.60 Å². The van der Waals surface area contributed by atoms with Gasteiger partial charge in [-0.25, -0.2) is 0 Å². The van der Waals surface area contributed by atoms with Crippen LogP contribution in [0.25, 0.3) is 0 Å². The van der Waals surface area contributed by atoms with E-state index in [0.29, 0.717) is 0 Å². The van der Waals surface area contributed by atoms with E-state index in [1.807, 2.05) is 30.1 Å². The van der Waals surface area contributed by atoms with Gasteiger partial charge in [0.15, 0.2) is 0 Å². The van der Waals surface area contributed by atoms with Crippen molar-refractivity contribution in [3.8, 4) is 0 Å². The lowest BCUT2D eigenvalue weighted by atomic mass is 9.90. The summed E-state index contributed by atoms with van der Waals surface area (Å²) in [6.45, 7) is 2.40. The predicted molar refractivity (Wildman–Crippen MR) is 79.6 cm³/mol. The van der Waals surface area contributed by atoms with Gasteiger partial charge in [0.25, 0.3) is 5.91 Å². The standard InChI is InChI=1S/C16H24N2O2/c1-18(13-8-14-6-4-3-5-7-14)15(19)16(20-2)9-11-17-12-10-16/h3-7,17H,8-13H2,1-2H3. The Morgan fingerprint density at radius 3 is 2.55 bits per heavy atom. The maximum absolute atomic E-state index is 12.6. The smallest absolute Gasteiger partial charge is 0.254 e. The zero-order chi connectivity index (χ0) is 14.4. The molecule has 0 saturated carbocycles. The number of ether oxygens (including phenoxy) is 1. The molecular weight excluding hydrogens is 252 g/mol. The molecule has 1 N–H and O–H groups in total. The third kappa shape index (κ3) is 3.38. The first kappa shape index (κ1) is 15.0. The van der Waals surface area contributed by atoms with Crippen molar-refractivity contribution in [3.63, 3.8) is 0 Å². The number of likely N-dealkylation sites (N-methyl/N-ethyl adjacent to an activating group) is 1. The van der Waals surface area contributed by atoms with Crippen LogP contribution in [0.2, 0.25) is 0 Å². The van der Waals surface area contributed by atoms with E-state index >= 15 is 0 Å². The summed E-state index contributed by atoms with van der Waals surface area (Å²) in [6.07, 6.45) is 2.37. The number of benzene rings is 1. The average Bonchev–Trinajstić information content (AvgIpc) is 2.53. The van der Waals surface area contributed by atoms with E-state index in [9.17, 15) is 4.79 Å². The summed E-state index contributed by atoms with van der Waals surface area (Å²) < 4.78 is 5.58. The number of carbonyl (C=O) groups is 1. The first-order chi connectivity index (χ1) is 9.68. The minimum atomic E-state index is -0.628. The van der Waals surface area contributed by atoms with Crippen LogP contribution in [0.5, 0.6) is 0 Å². The van der Waals surface area contributed by atoms with Gasteiger partial charge in [-0.15, -0.1) is 0 Å². The van der Waals surface area contributed by atoms with Gasteiger partial charge in [-0.3, -0.25) is 4.79 Å². The van der Waals surface area contributed by atoms with E-state index in [0.717, 1.165) is 38.9 Å². The Morgan fingerprint density at radius 1 is 1.30 bits per heavy atom. The van der Waals surface area contributed by atoms with E-state index < -0.39 is 5.60 Å². The van der Waals surface area contributed by atoms with Crippen molar-refractivity contribution in [2.24, 2.45) is 0 Å². The van der Waals surface area contributed by atoms with Gasteiger partial charge in [0.2, 0.25) is 0 Å². The Labute approximate surface area is 121 Å². The normalized spacial score (nSPS) is 17.7. The summed E-state index contributed by atoms with van der Waals surface area (Å²) in [5.74, 6) is 0.109. The largest absolute Gasteiger partial charge is 0.368 e. The van der Waals surface area contributed by atoms with Gasteiger partial charge in [-0.1, -0.05) is 30.3 Å². The molecule has 110 valence electrons. The molecule has 4 nitrogen and oxygen atoms in total. The van der Waals surface area contributed by atoms with Gasteiger partial charge in [-0.2, -0.15) is 0 Å². The zero-order valence-corrected chi connectivity index (χ0v) is 12.4. The number of amides is 1. The molecule has 1 amide bonds. The Kier molecular flexibility index (Phi) is 5.15. The Morgan fingerprint density at radius 2 is 1.95 bits per heavy atom. The number of nitrogens with zero attached hydrogens (tertiary/aromatic N) is 1. The van der Waals surface area contributed by atoms with Gasteiger partial charge < -0.3 is 15.0 Å². The maximum Gasteiger partial charge on any atom is 0.254 e. The van der Waals surface area contributed by atoms with E-state index in [2.05, 4.69) is 17.4 Å². The predicted octanol–water partition coefficient (Wildman–Crippen LogP) is 1.46. The van der Waals surface area contributed by atoms with Crippen LogP contribution < -0.4 is 5.32 Å². The van der Waals surface area contributed by atoms with Gasteiger partial charge in [-0.05, 0) is 37.9 Å². The molecular formula is C16H24N2O2. The summed E-state index contributed by atoms with van der Waals surface area (Å²) in [7, 11) is 3.52. The lowest BCUT2D eigenvalue weighted by Crippen LogP contribution is -2.54. The molecule has 1 saturated heterocycles. The minimum absolute atomic E-state index is 0.109. The molecule has 0 spiro atoms. The molecule has 20 heavy (non-hydrogen) atoms.